The summed E-state index contributed by atoms with van der Waals surface area (Å²) in [6.45, 7) is 0.588. The van der Waals surface area contributed by atoms with Gasteiger partial charge in [-0.1, -0.05) is 91.0 Å². The van der Waals surface area contributed by atoms with Crippen molar-refractivity contribution in [2.45, 2.75) is 37.4 Å². The summed E-state index contributed by atoms with van der Waals surface area (Å²) in [4.78, 5) is 0. The summed E-state index contributed by atoms with van der Waals surface area (Å²) in [5.41, 5.74) is 2.55. The second-order valence-corrected chi connectivity index (χ2v) is 10.1. The molecule has 4 rings (SSSR count). The van der Waals surface area contributed by atoms with Gasteiger partial charge in [0.15, 0.2) is 0 Å². The van der Waals surface area contributed by atoms with Crippen LogP contribution in [0.1, 0.15) is 42.4 Å². The van der Waals surface area contributed by atoms with Crippen molar-refractivity contribution in [3.8, 4) is 0 Å². The van der Waals surface area contributed by atoms with Crippen LogP contribution in [0.15, 0.2) is 91.0 Å². The van der Waals surface area contributed by atoms with Crippen molar-refractivity contribution in [3.05, 3.63) is 108 Å². The summed E-state index contributed by atoms with van der Waals surface area (Å²) < 4.78 is 35.0. The lowest BCUT2D eigenvalue weighted by molar-refractivity contribution is -0.0209. The summed E-state index contributed by atoms with van der Waals surface area (Å²) in [5.74, 6) is 0.352. The van der Waals surface area contributed by atoms with Gasteiger partial charge in [-0.2, -0.15) is 8.42 Å². The fourth-order valence-corrected chi connectivity index (χ4v) is 5.34. The third kappa shape index (κ3) is 5.29. The molecule has 5 heteroatoms. The molecular weight excluding hydrogens is 420 g/mol. The van der Waals surface area contributed by atoms with E-state index in [1.165, 1.54) is 0 Å². The Morgan fingerprint density at radius 1 is 0.719 bits per heavy atom. The van der Waals surface area contributed by atoms with Crippen LogP contribution in [0.3, 0.4) is 0 Å². The van der Waals surface area contributed by atoms with Gasteiger partial charge in [0.25, 0.3) is 10.1 Å². The first-order valence-electron chi connectivity index (χ1n) is 11.2. The molecule has 0 atom stereocenters. The van der Waals surface area contributed by atoms with E-state index in [9.17, 15) is 8.42 Å². The molecule has 0 unspecified atom stereocenters. The van der Waals surface area contributed by atoms with E-state index in [0.717, 1.165) is 48.6 Å². The molecule has 0 heterocycles. The van der Waals surface area contributed by atoms with Gasteiger partial charge < -0.3 is 4.74 Å². The number of hydrogen-bond acceptors (Lipinski definition) is 4. The SMILES string of the molecule is CS(=O)(=O)O[C@H]1CC[C@H](COC(c2ccccc2)(c2ccccc2)c2ccccc2)CC1. The predicted molar refractivity (Wildman–Crippen MR) is 127 cm³/mol. The molecule has 0 bridgehead atoms. The van der Waals surface area contributed by atoms with E-state index in [2.05, 4.69) is 36.4 Å². The van der Waals surface area contributed by atoms with Crippen molar-refractivity contribution in [1.29, 1.82) is 0 Å². The Bertz CT molecular complexity index is 978. The van der Waals surface area contributed by atoms with E-state index in [1.54, 1.807) is 0 Å². The molecule has 0 N–H and O–H groups in total. The molecule has 1 fully saturated rings. The van der Waals surface area contributed by atoms with E-state index in [4.69, 9.17) is 8.92 Å². The van der Waals surface area contributed by atoms with Gasteiger partial charge in [0.05, 0.1) is 19.0 Å². The number of benzene rings is 3. The summed E-state index contributed by atoms with van der Waals surface area (Å²) in [6.07, 6.45) is 4.13. The van der Waals surface area contributed by atoms with Gasteiger partial charge in [0, 0.05) is 0 Å². The van der Waals surface area contributed by atoms with E-state index >= 15 is 0 Å². The van der Waals surface area contributed by atoms with Gasteiger partial charge in [0.1, 0.15) is 5.60 Å². The lowest BCUT2D eigenvalue weighted by Gasteiger charge is -2.38. The molecule has 1 aliphatic carbocycles. The van der Waals surface area contributed by atoms with Crippen LogP contribution in [-0.4, -0.2) is 27.4 Å². The molecule has 0 amide bonds. The summed E-state index contributed by atoms with van der Waals surface area (Å²) in [5, 5.41) is 0. The highest BCUT2D eigenvalue weighted by Gasteiger charge is 2.38. The zero-order valence-electron chi connectivity index (χ0n) is 18.4. The highest BCUT2D eigenvalue weighted by Crippen LogP contribution is 2.41. The Balaban J connectivity index is 1.62. The van der Waals surface area contributed by atoms with Crippen molar-refractivity contribution < 1.29 is 17.3 Å². The lowest BCUT2D eigenvalue weighted by Crippen LogP contribution is -2.35. The maximum Gasteiger partial charge on any atom is 0.264 e. The topological polar surface area (TPSA) is 52.6 Å². The molecule has 0 aromatic heterocycles. The Morgan fingerprint density at radius 3 is 1.50 bits per heavy atom. The maximum absolute atomic E-state index is 11.5. The van der Waals surface area contributed by atoms with Crippen molar-refractivity contribution in [1.82, 2.24) is 0 Å². The third-order valence-electron chi connectivity index (χ3n) is 6.18. The largest absolute Gasteiger partial charge is 0.361 e. The van der Waals surface area contributed by atoms with E-state index in [0.29, 0.717) is 12.5 Å². The maximum atomic E-state index is 11.5. The van der Waals surface area contributed by atoms with Gasteiger partial charge in [-0.15, -0.1) is 0 Å². The number of rotatable bonds is 8. The second kappa shape index (κ2) is 9.99. The zero-order valence-corrected chi connectivity index (χ0v) is 19.2. The van der Waals surface area contributed by atoms with Crippen molar-refractivity contribution >= 4 is 10.1 Å². The minimum absolute atomic E-state index is 0.219. The van der Waals surface area contributed by atoms with Crippen LogP contribution >= 0.6 is 0 Å². The predicted octanol–water partition coefficient (Wildman–Crippen LogP) is 5.53. The Kier molecular flexibility index (Phi) is 7.09. The highest BCUT2D eigenvalue weighted by molar-refractivity contribution is 7.86. The smallest absolute Gasteiger partial charge is 0.264 e. The van der Waals surface area contributed by atoms with Crippen LogP contribution in [0.4, 0.5) is 0 Å². The van der Waals surface area contributed by atoms with E-state index in [1.807, 2.05) is 54.6 Å². The molecule has 3 aromatic rings. The third-order valence-corrected chi connectivity index (χ3v) is 6.80. The van der Waals surface area contributed by atoms with Gasteiger partial charge >= 0.3 is 0 Å². The second-order valence-electron chi connectivity index (χ2n) is 8.53. The lowest BCUT2D eigenvalue weighted by atomic mass is 9.79. The average molecular weight is 451 g/mol. The number of ether oxygens (including phenoxy) is 1. The molecular formula is C27H30O4S. The first kappa shape index (κ1) is 22.7. The van der Waals surface area contributed by atoms with Crippen molar-refractivity contribution in [2.24, 2.45) is 5.92 Å². The standard InChI is InChI=1S/C27H30O4S/c1-32(28,29)31-26-19-17-22(18-20-26)21-30-27(23-11-5-2-6-12-23,24-13-7-3-8-14-24)25-15-9-4-10-16-25/h2-16,22,26H,17-21H2,1H3/t22-,26-. The van der Waals surface area contributed by atoms with Gasteiger partial charge in [-0.05, 0) is 48.3 Å². The molecule has 0 radical (unpaired) electrons. The monoisotopic (exact) mass is 450 g/mol. The first-order valence-corrected chi connectivity index (χ1v) is 13.0. The van der Waals surface area contributed by atoms with Crippen molar-refractivity contribution in [2.75, 3.05) is 12.9 Å². The van der Waals surface area contributed by atoms with E-state index < -0.39 is 15.7 Å². The Labute approximate surface area is 191 Å². The number of hydrogen-bond donors (Lipinski definition) is 0. The zero-order chi connectivity index (χ0) is 22.4. The quantitative estimate of drug-likeness (QED) is 0.334. The molecule has 0 aliphatic heterocycles. The van der Waals surface area contributed by atoms with Crippen LogP contribution in [0, 0.1) is 5.92 Å². The van der Waals surface area contributed by atoms with E-state index in [-0.39, 0.29) is 6.10 Å². The van der Waals surface area contributed by atoms with Crippen LogP contribution in [0.2, 0.25) is 0 Å². The minimum Gasteiger partial charge on any atom is -0.361 e. The molecule has 3 aromatic carbocycles. The van der Waals surface area contributed by atoms with Crippen LogP contribution in [0.25, 0.3) is 0 Å². The summed E-state index contributed by atoms with van der Waals surface area (Å²) in [6, 6.07) is 31.1. The van der Waals surface area contributed by atoms with Gasteiger partial charge in [0.2, 0.25) is 0 Å². The highest BCUT2D eigenvalue weighted by atomic mass is 32.2. The Morgan fingerprint density at radius 2 is 1.12 bits per heavy atom. The van der Waals surface area contributed by atoms with Gasteiger partial charge in [-0.3, -0.25) is 4.18 Å². The Hall–Kier alpha value is -2.47. The van der Waals surface area contributed by atoms with Crippen LogP contribution in [-0.2, 0) is 24.6 Å². The van der Waals surface area contributed by atoms with Gasteiger partial charge in [-0.25, -0.2) is 0 Å². The molecule has 32 heavy (non-hydrogen) atoms. The summed E-state index contributed by atoms with van der Waals surface area (Å²) in [7, 11) is -3.42. The van der Waals surface area contributed by atoms with Crippen LogP contribution in [0.5, 0.6) is 0 Å². The molecule has 4 nitrogen and oxygen atoms in total. The molecule has 1 aliphatic rings. The normalized spacial score (nSPS) is 19.5. The van der Waals surface area contributed by atoms with Crippen LogP contribution < -0.4 is 0 Å². The fourth-order valence-electron chi connectivity index (χ4n) is 4.65. The molecule has 168 valence electrons. The average Bonchev–Trinajstić information content (AvgIpc) is 2.82. The molecule has 1 saturated carbocycles. The van der Waals surface area contributed by atoms with Crippen molar-refractivity contribution in [3.63, 3.8) is 0 Å². The first-order chi connectivity index (χ1) is 15.5. The summed E-state index contributed by atoms with van der Waals surface area (Å²) >= 11 is 0. The molecule has 0 spiro atoms. The molecule has 0 saturated heterocycles. The fraction of sp³-hybridized carbons (Fsp3) is 0.333. The minimum atomic E-state index is -3.42.